The van der Waals surface area contributed by atoms with Gasteiger partial charge in [-0.25, -0.2) is 0 Å². The van der Waals surface area contributed by atoms with Gasteiger partial charge in [-0.1, -0.05) is 30.3 Å². The third-order valence-corrected chi connectivity index (χ3v) is 4.26. The molecule has 2 N–H and O–H groups in total. The molecule has 1 aromatic carbocycles. The first kappa shape index (κ1) is 14.1. The topological polar surface area (TPSA) is 46.3 Å². The SMILES string of the molecule is CN(C(=O)C(C)(C)c1ccccc1)C(CN)C1CC1. The fraction of sp³-hybridized carbons (Fsp3) is 0.562. The van der Waals surface area contributed by atoms with Crippen LogP contribution in [0.5, 0.6) is 0 Å². The van der Waals surface area contributed by atoms with E-state index in [-0.39, 0.29) is 11.9 Å². The van der Waals surface area contributed by atoms with Crippen LogP contribution in [0.15, 0.2) is 30.3 Å². The summed E-state index contributed by atoms with van der Waals surface area (Å²) in [7, 11) is 1.89. The van der Waals surface area contributed by atoms with Crippen LogP contribution in [0, 0.1) is 5.92 Å². The largest absolute Gasteiger partial charge is 0.340 e. The fourth-order valence-electron chi connectivity index (χ4n) is 2.72. The summed E-state index contributed by atoms with van der Waals surface area (Å²) in [6.07, 6.45) is 2.40. The fourth-order valence-corrected chi connectivity index (χ4v) is 2.72. The van der Waals surface area contributed by atoms with E-state index in [1.807, 2.05) is 56.1 Å². The summed E-state index contributed by atoms with van der Waals surface area (Å²) < 4.78 is 0. The summed E-state index contributed by atoms with van der Waals surface area (Å²) >= 11 is 0. The lowest BCUT2D eigenvalue weighted by Gasteiger charge is -2.34. The molecular formula is C16H24N2O. The molecular weight excluding hydrogens is 236 g/mol. The molecule has 1 saturated carbocycles. The van der Waals surface area contributed by atoms with Crippen molar-refractivity contribution in [3.63, 3.8) is 0 Å². The molecule has 1 aromatic rings. The van der Waals surface area contributed by atoms with E-state index in [1.54, 1.807) is 0 Å². The number of likely N-dealkylation sites (N-methyl/N-ethyl adjacent to an activating group) is 1. The van der Waals surface area contributed by atoms with Crippen LogP contribution in [-0.2, 0) is 10.2 Å². The number of amides is 1. The van der Waals surface area contributed by atoms with Crippen molar-refractivity contribution in [3.05, 3.63) is 35.9 Å². The van der Waals surface area contributed by atoms with E-state index < -0.39 is 5.41 Å². The number of hydrogen-bond donors (Lipinski definition) is 1. The molecule has 1 atom stereocenters. The predicted octanol–water partition coefficient (Wildman–Crippen LogP) is 2.16. The second-order valence-electron chi connectivity index (χ2n) is 6.05. The quantitative estimate of drug-likeness (QED) is 0.882. The van der Waals surface area contributed by atoms with Gasteiger partial charge >= 0.3 is 0 Å². The van der Waals surface area contributed by atoms with E-state index in [9.17, 15) is 4.79 Å². The van der Waals surface area contributed by atoms with E-state index in [4.69, 9.17) is 5.73 Å². The van der Waals surface area contributed by atoms with Crippen molar-refractivity contribution >= 4 is 5.91 Å². The van der Waals surface area contributed by atoms with Crippen LogP contribution >= 0.6 is 0 Å². The summed E-state index contributed by atoms with van der Waals surface area (Å²) in [6, 6.07) is 10.1. The lowest BCUT2D eigenvalue weighted by molar-refractivity contribution is -0.137. The van der Waals surface area contributed by atoms with Gasteiger partial charge in [-0.3, -0.25) is 4.79 Å². The number of nitrogens with two attached hydrogens (primary N) is 1. The molecule has 0 spiro atoms. The average Bonchev–Trinajstić information content (AvgIpc) is 3.24. The number of hydrogen-bond acceptors (Lipinski definition) is 2. The molecule has 0 aromatic heterocycles. The zero-order valence-corrected chi connectivity index (χ0v) is 12.1. The van der Waals surface area contributed by atoms with Gasteiger partial charge < -0.3 is 10.6 Å². The highest BCUT2D eigenvalue weighted by Gasteiger charge is 2.39. The second-order valence-corrected chi connectivity index (χ2v) is 6.05. The van der Waals surface area contributed by atoms with Gasteiger partial charge in [0.25, 0.3) is 0 Å². The summed E-state index contributed by atoms with van der Waals surface area (Å²) in [5, 5.41) is 0. The third kappa shape index (κ3) is 2.81. The summed E-state index contributed by atoms with van der Waals surface area (Å²) in [4.78, 5) is 14.6. The highest BCUT2D eigenvalue weighted by molar-refractivity contribution is 5.87. The molecule has 0 aliphatic heterocycles. The summed E-state index contributed by atoms with van der Waals surface area (Å²) in [5.41, 5.74) is 6.39. The lowest BCUT2D eigenvalue weighted by atomic mass is 9.83. The Bertz CT molecular complexity index is 437. The van der Waals surface area contributed by atoms with Gasteiger partial charge in [-0.05, 0) is 38.2 Å². The monoisotopic (exact) mass is 260 g/mol. The van der Waals surface area contributed by atoms with Crippen molar-refractivity contribution < 1.29 is 4.79 Å². The highest BCUT2D eigenvalue weighted by Crippen LogP contribution is 2.36. The van der Waals surface area contributed by atoms with Crippen LogP contribution in [0.25, 0.3) is 0 Å². The van der Waals surface area contributed by atoms with E-state index >= 15 is 0 Å². The first-order valence-electron chi connectivity index (χ1n) is 7.01. The summed E-state index contributed by atoms with van der Waals surface area (Å²) in [6.45, 7) is 4.53. The van der Waals surface area contributed by atoms with Crippen molar-refractivity contribution in [1.82, 2.24) is 4.90 Å². The van der Waals surface area contributed by atoms with Gasteiger partial charge in [-0.15, -0.1) is 0 Å². The van der Waals surface area contributed by atoms with Gasteiger partial charge in [0, 0.05) is 19.6 Å². The Morgan fingerprint density at radius 1 is 1.37 bits per heavy atom. The van der Waals surface area contributed by atoms with Crippen molar-refractivity contribution in [2.75, 3.05) is 13.6 Å². The highest BCUT2D eigenvalue weighted by atomic mass is 16.2. The molecule has 1 aliphatic rings. The van der Waals surface area contributed by atoms with Gasteiger partial charge in [0.05, 0.1) is 5.41 Å². The van der Waals surface area contributed by atoms with Crippen LogP contribution in [0.4, 0.5) is 0 Å². The number of rotatable bonds is 5. The van der Waals surface area contributed by atoms with Crippen LogP contribution < -0.4 is 5.73 Å². The van der Waals surface area contributed by atoms with Gasteiger partial charge in [0.2, 0.25) is 5.91 Å². The zero-order valence-electron chi connectivity index (χ0n) is 12.1. The van der Waals surface area contributed by atoms with Gasteiger partial charge in [0.15, 0.2) is 0 Å². The maximum atomic E-state index is 12.8. The lowest BCUT2D eigenvalue weighted by Crippen LogP contribution is -2.49. The van der Waals surface area contributed by atoms with E-state index in [2.05, 4.69) is 0 Å². The molecule has 19 heavy (non-hydrogen) atoms. The second kappa shape index (κ2) is 5.33. The predicted molar refractivity (Wildman–Crippen MR) is 77.8 cm³/mol. The van der Waals surface area contributed by atoms with E-state index in [0.29, 0.717) is 12.5 Å². The number of nitrogens with zero attached hydrogens (tertiary/aromatic N) is 1. The Labute approximate surface area is 115 Å². The molecule has 1 fully saturated rings. The Kier molecular flexibility index (Phi) is 3.95. The van der Waals surface area contributed by atoms with Crippen molar-refractivity contribution in [2.45, 2.75) is 38.1 Å². The third-order valence-electron chi connectivity index (χ3n) is 4.26. The Balaban J connectivity index is 2.17. The van der Waals surface area contributed by atoms with Crippen LogP contribution in [-0.4, -0.2) is 30.4 Å². The van der Waals surface area contributed by atoms with Crippen LogP contribution in [0.1, 0.15) is 32.3 Å². The minimum Gasteiger partial charge on any atom is -0.340 e. The zero-order chi connectivity index (χ0) is 14.0. The van der Waals surface area contributed by atoms with Crippen LogP contribution in [0.2, 0.25) is 0 Å². The molecule has 0 saturated heterocycles. The molecule has 0 heterocycles. The van der Waals surface area contributed by atoms with E-state index in [1.165, 1.54) is 12.8 Å². The Morgan fingerprint density at radius 3 is 2.42 bits per heavy atom. The minimum atomic E-state index is -0.502. The molecule has 3 heteroatoms. The molecule has 0 radical (unpaired) electrons. The molecule has 3 nitrogen and oxygen atoms in total. The first-order valence-corrected chi connectivity index (χ1v) is 7.01. The molecule has 0 bridgehead atoms. The van der Waals surface area contributed by atoms with Gasteiger partial charge in [0.1, 0.15) is 0 Å². The number of carbonyl (C=O) groups excluding carboxylic acids is 1. The average molecular weight is 260 g/mol. The van der Waals surface area contributed by atoms with Crippen LogP contribution in [0.3, 0.4) is 0 Å². The molecule has 1 aliphatic carbocycles. The minimum absolute atomic E-state index is 0.154. The maximum Gasteiger partial charge on any atom is 0.232 e. The van der Waals surface area contributed by atoms with Crippen molar-refractivity contribution in [3.8, 4) is 0 Å². The van der Waals surface area contributed by atoms with Crippen molar-refractivity contribution in [1.29, 1.82) is 0 Å². The Hall–Kier alpha value is -1.35. The molecule has 104 valence electrons. The van der Waals surface area contributed by atoms with Gasteiger partial charge in [-0.2, -0.15) is 0 Å². The summed E-state index contributed by atoms with van der Waals surface area (Å²) in [5.74, 6) is 0.756. The normalized spacial score (nSPS) is 17.1. The number of benzene rings is 1. The first-order chi connectivity index (χ1) is 8.98. The molecule has 2 rings (SSSR count). The number of carbonyl (C=O) groups is 1. The maximum absolute atomic E-state index is 12.8. The van der Waals surface area contributed by atoms with E-state index in [0.717, 1.165) is 5.56 Å². The smallest absolute Gasteiger partial charge is 0.232 e. The standard InChI is InChI=1S/C16H24N2O/c1-16(2,13-7-5-4-6-8-13)15(19)18(3)14(11-17)12-9-10-12/h4-8,12,14H,9-11,17H2,1-3H3. The van der Waals surface area contributed by atoms with Crippen molar-refractivity contribution in [2.24, 2.45) is 11.7 Å². The molecule has 1 amide bonds. The Morgan fingerprint density at radius 2 is 1.95 bits per heavy atom. The molecule has 1 unspecified atom stereocenters.